The predicted molar refractivity (Wildman–Crippen MR) is 84.5 cm³/mol. The molecular formula is C16H21N3O3. The number of hydrogen-bond acceptors (Lipinski definition) is 4. The molecule has 2 N–H and O–H groups in total. The number of nitrogens with one attached hydrogen (secondary N) is 2. The van der Waals surface area contributed by atoms with E-state index in [4.69, 9.17) is 4.42 Å². The fourth-order valence-corrected chi connectivity index (χ4v) is 2.05. The van der Waals surface area contributed by atoms with E-state index in [1.54, 1.807) is 25.1 Å². The lowest BCUT2D eigenvalue weighted by molar-refractivity contribution is -0.125. The van der Waals surface area contributed by atoms with Crippen LogP contribution in [-0.4, -0.2) is 23.3 Å². The van der Waals surface area contributed by atoms with Crippen LogP contribution in [0.5, 0.6) is 0 Å². The van der Waals surface area contributed by atoms with Crippen LogP contribution in [-0.2, 0) is 9.59 Å². The first-order valence-electron chi connectivity index (χ1n) is 7.17. The molecule has 22 heavy (non-hydrogen) atoms. The average Bonchev–Trinajstić information content (AvgIpc) is 2.74. The molecule has 2 aromatic rings. The van der Waals surface area contributed by atoms with Crippen molar-refractivity contribution in [1.29, 1.82) is 0 Å². The number of amides is 2. The number of benzene rings is 1. The van der Waals surface area contributed by atoms with Gasteiger partial charge in [-0.2, -0.15) is 0 Å². The maximum absolute atomic E-state index is 11.9. The lowest BCUT2D eigenvalue weighted by Crippen LogP contribution is -2.34. The SMILES string of the molecule is Cc1nc2cc(NC(=O)CNC(=O)CC(C)(C)C)ccc2o1. The number of aryl methyl sites for hydroxylation is 1. The van der Waals surface area contributed by atoms with E-state index in [1.165, 1.54) is 0 Å². The summed E-state index contributed by atoms with van der Waals surface area (Å²) in [7, 11) is 0. The van der Waals surface area contributed by atoms with Crippen LogP contribution in [0.25, 0.3) is 11.1 Å². The summed E-state index contributed by atoms with van der Waals surface area (Å²) >= 11 is 0. The number of nitrogens with zero attached hydrogens (tertiary/aromatic N) is 1. The van der Waals surface area contributed by atoms with Crippen LogP contribution in [0.1, 0.15) is 33.1 Å². The number of carbonyl (C=O) groups is 2. The third-order valence-corrected chi connectivity index (χ3v) is 2.92. The fraction of sp³-hybridized carbons (Fsp3) is 0.438. The average molecular weight is 303 g/mol. The maximum atomic E-state index is 11.9. The molecule has 0 aliphatic carbocycles. The Labute approximate surface area is 129 Å². The molecule has 0 saturated carbocycles. The van der Waals surface area contributed by atoms with Crippen molar-refractivity contribution < 1.29 is 14.0 Å². The number of hydrogen-bond donors (Lipinski definition) is 2. The quantitative estimate of drug-likeness (QED) is 0.909. The van der Waals surface area contributed by atoms with Gasteiger partial charge in [-0.1, -0.05) is 20.8 Å². The van der Waals surface area contributed by atoms with Gasteiger partial charge in [0.15, 0.2) is 11.5 Å². The second-order valence-corrected chi connectivity index (χ2v) is 6.48. The summed E-state index contributed by atoms with van der Waals surface area (Å²) in [6.45, 7) is 7.64. The molecule has 1 heterocycles. The zero-order valence-electron chi connectivity index (χ0n) is 13.3. The molecule has 6 nitrogen and oxygen atoms in total. The smallest absolute Gasteiger partial charge is 0.243 e. The zero-order valence-corrected chi connectivity index (χ0v) is 13.3. The van der Waals surface area contributed by atoms with Gasteiger partial charge in [0.2, 0.25) is 11.8 Å². The van der Waals surface area contributed by atoms with Crippen LogP contribution in [0, 0.1) is 12.3 Å². The van der Waals surface area contributed by atoms with E-state index in [0.717, 1.165) is 0 Å². The highest BCUT2D eigenvalue weighted by Gasteiger charge is 2.16. The van der Waals surface area contributed by atoms with Gasteiger partial charge >= 0.3 is 0 Å². The Balaban J connectivity index is 1.89. The van der Waals surface area contributed by atoms with Gasteiger partial charge in [0.25, 0.3) is 0 Å². The van der Waals surface area contributed by atoms with Gasteiger partial charge in [-0.15, -0.1) is 0 Å². The van der Waals surface area contributed by atoms with Crippen LogP contribution in [0.3, 0.4) is 0 Å². The van der Waals surface area contributed by atoms with Crippen molar-refractivity contribution in [3.05, 3.63) is 24.1 Å². The maximum Gasteiger partial charge on any atom is 0.243 e. The molecule has 0 bridgehead atoms. The van der Waals surface area contributed by atoms with E-state index in [-0.39, 0.29) is 23.8 Å². The fourth-order valence-electron chi connectivity index (χ4n) is 2.05. The van der Waals surface area contributed by atoms with Gasteiger partial charge in [-0.25, -0.2) is 4.98 Å². The van der Waals surface area contributed by atoms with E-state index >= 15 is 0 Å². The molecule has 0 saturated heterocycles. The van der Waals surface area contributed by atoms with Gasteiger partial charge < -0.3 is 15.1 Å². The van der Waals surface area contributed by atoms with E-state index < -0.39 is 0 Å². The molecule has 0 unspecified atom stereocenters. The lowest BCUT2D eigenvalue weighted by atomic mass is 9.92. The van der Waals surface area contributed by atoms with Crippen molar-refractivity contribution in [2.75, 3.05) is 11.9 Å². The summed E-state index contributed by atoms with van der Waals surface area (Å²) in [5.41, 5.74) is 1.88. The molecule has 1 aromatic heterocycles. The third kappa shape index (κ3) is 4.58. The van der Waals surface area contributed by atoms with Crippen molar-refractivity contribution in [3.8, 4) is 0 Å². The van der Waals surface area contributed by atoms with Crippen LogP contribution in [0.2, 0.25) is 0 Å². The molecule has 0 atom stereocenters. The van der Waals surface area contributed by atoms with E-state index in [9.17, 15) is 9.59 Å². The van der Waals surface area contributed by atoms with Crippen molar-refractivity contribution in [3.63, 3.8) is 0 Å². The molecule has 1 aromatic carbocycles. The van der Waals surface area contributed by atoms with Gasteiger partial charge in [0.1, 0.15) is 5.52 Å². The second-order valence-electron chi connectivity index (χ2n) is 6.48. The minimum atomic E-state index is -0.276. The molecular weight excluding hydrogens is 282 g/mol. The summed E-state index contributed by atoms with van der Waals surface area (Å²) in [5, 5.41) is 5.34. The first kappa shape index (κ1) is 16.0. The van der Waals surface area contributed by atoms with Gasteiger partial charge in [-0.05, 0) is 23.6 Å². The Morgan fingerprint density at radius 1 is 1.23 bits per heavy atom. The number of carbonyl (C=O) groups excluding carboxylic acids is 2. The second kappa shape index (κ2) is 6.17. The Hall–Kier alpha value is -2.37. The van der Waals surface area contributed by atoms with Gasteiger partial charge in [0.05, 0.1) is 6.54 Å². The number of aromatic nitrogens is 1. The molecule has 0 radical (unpaired) electrons. The van der Waals surface area contributed by atoms with Crippen molar-refractivity contribution >= 4 is 28.6 Å². The molecule has 6 heteroatoms. The van der Waals surface area contributed by atoms with Crippen LogP contribution >= 0.6 is 0 Å². The Morgan fingerprint density at radius 3 is 2.64 bits per heavy atom. The summed E-state index contributed by atoms with van der Waals surface area (Å²) in [6, 6.07) is 5.23. The molecule has 0 fully saturated rings. The van der Waals surface area contributed by atoms with Gasteiger partial charge in [0, 0.05) is 19.0 Å². The van der Waals surface area contributed by atoms with E-state index in [0.29, 0.717) is 29.1 Å². The lowest BCUT2D eigenvalue weighted by Gasteiger charge is -2.17. The third-order valence-electron chi connectivity index (χ3n) is 2.92. The minimum absolute atomic E-state index is 0.0508. The highest BCUT2D eigenvalue weighted by Crippen LogP contribution is 2.20. The predicted octanol–water partition coefficient (Wildman–Crippen LogP) is 2.63. The van der Waals surface area contributed by atoms with Crippen LogP contribution in [0.4, 0.5) is 5.69 Å². The molecule has 0 spiro atoms. The summed E-state index contributed by atoms with van der Waals surface area (Å²) < 4.78 is 5.37. The van der Waals surface area contributed by atoms with Crippen molar-refractivity contribution in [2.24, 2.45) is 5.41 Å². The zero-order chi connectivity index (χ0) is 16.3. The topological polar surface area (TPSA) is 84.2 Å². The number of oxazole rings is 1. The number of rotatable bonds is 4. The van der Waals surface area contributed by atoms with E-state index in [1.807, 2.05) is 20.8 Å². The highest BCUT2D eigenvalue weighted by atomic mass is 16.3. The monoisotopic (exact) mass is 303 g/mol. The first-order chi connectivity index (χ1) is 10.2. The molecule has 2 amide bonds. The molecule has 118 valence electrons. The molecule has 2 rings (SSSR count). The van der Waals surface area contributed by atoms with Gasteiger partial charge in [-0.3, -0.25) is 9.59 Å². The Bertz CT molecular complexity index is 698. The molecule has 0 aliphatic heterocycles. The normalized spacial score (nSPS) is 11.5. The minimum Gasteiger partial charge on any atom is -0.441 e. The Kier molecular flexibility index (Phi) is 4.49. The molecule has 0 aliphatic rings. The standard InChI is InChI=1S/C16H21N3O3/c1-10-18-12-7-11(5-6-13(12)22-10)19-15(21)9-17-14(20)8-16(2,3)4/h5-7H,8-9H2,1-4H3,(H,17,20)(H,19,21). The van der Waals surface area contributed by atoms with E-state index in [2.05, 4.69) is 15.6 Å². The summed E-state index contributed by atoms with van der Waals surface area (Å²) in [5.74, 6) is 0.167. The first-order valence-corrected chi connectivity index (χ1v) is 7.17. The van der Waals surface area contributed by atoms with Crippen molar-refractivity contribution in [2.45, 2.75) is 34.1 Å². The van der Waals surface area contributed by atoms with Crippen LogP contribution < -0.4 is 10.6 Å². The van der Waals surface area contributed by atoms with Crippen molar-refractivity contribution in [1.82, 2.24) is 10.3 Å². The van der Waals surface area contributed by atoms with Crippen LogP contribution in [0.15, 0.2) is 22.6 Å². The largest absolute Gasteiger partial charge is 0.441 e. The summed E-state index contributed by atoms with van der Waals surface area (Å²) in [4.78, 5) is 27.7. The summed E-state index contributed by atoms with van der Waals surface area (Å²) in [6.07, 6.45) is 0.379. The highest BCUT2D eigenvalue weighted by molar-refractivity contribution is 5.95. The Morgan fingerprint density at radius 2 is 1.95 bits per heavy atom. The number of anilines is 1. The number of fused-ring (bicyclic) bond motifs is 1.